The van der Waals surface area contributed by atoms with E-state index in [0.29, 0.717) is 11.6 Å². The second-order valence-electron chi connectivity index (χ2n) is 7.13. The van der Waals surface area contributed by atoms with Crippen LogP contribution < -0.4 is 4.74 Å². The van der Waals surface area contributed by atoms with Gasteiger partial charge in [-0.3, -0.25) is 0 Å². The Bertz CT molecular complexity index is 705. The van der Waals surface area contributed by atoms with Crippen molar-refractivity contribution >= 4 is 0 Å². The fourth-order valence-electron chi connectivity index (χ4n) is 3.18. The molecule has 1 aromatic carbocycles. The fourth-order valence-corrected chi connectivity index (χ4v) is 3.18. The molecule has 1 aliphatic carbocycles. The largest absolute Gasteiger partial charge is 0.439 e. The van der Waals surface area contributed by atoms with E-state index < -0.39 is 5.60 Å². The molecule has 0 bridgehead atoms. The second-order valence-corrected chi connectivity index (χ2v) is 7.13. The summed E-state index contributed by atoms with van der Waals surface area (Å²) >= 11 is 0. The minimum Gasteiger partial charge on any atom is -0.439 e. The van der Waals surface area contributed by atoms with Gasteiger partial charge >= 0.3 is 0 Å². The highest BCUT2D eigenvalue weighted by atomic mass is 19.1. The standard InChI is InChI=1S/C20H24FNO2/c1-20(2,23)12-4-5-14-8-11-19(22-13-14)24-18-10-9-17(21)15-6-3-7-16(15)18/h8-11,13,23H,3-7,12H2,1-2H3. The number of hydrogen-bond acceptors (Lipinski definition) is 3. The highest BCUT2D eigenvalue weighted by molar-refractivity contribution is 5.45. The van der Waals surface area contributed by atoms with E-state index in [1.165, 1.54) is 6.07 Å². The van der Waals surface area contributed by atoms with Crippen molar-refractivity contribution in [2.75, 3.05) is 0 Å². The quantitative estimate of drug-likeness (QED) is 0.842. The van der Waals surface area contributed by atoms with Crippen LogP contribution in [0.15, 0.2) is 30.5 Å². The first-order chi connectivity index (χ1) is 11.4. The minimum atomic E-state index is -0.626. The van der Waals surface area contributed by atoms with E-state index >= 15 is 0 Å². The van der Waals surface area contributed by atoms with Crippen molar-refractivity contribution in [3.8, 4) is 11.6 Å². The third-order valence-electron chi connectivity index (χ3n) is 4.45. The summed E-state index contributed by atoms with van der Waals surface area (Å²) in [7, 11) is 0. The molecule has 1 aliphatic rings. The maximum atomic E-state index is 13.8. The van der Waals surface area contributed by atoms with E-state index in [9.17, 15) is 9.50 Å². The molecule has 0 spiro atoms. The summed E-state index contributed by atoms with van der Waals surface area (Å²) in [5.41, 5.74) is 2.26. The Morgan fingerprint density at radius 3 is 2.67 bits per heavy atom. The lowest BCUT2D eigenvalue weighted by Gasteiger charge is -2.16. The minimum absolute atomic E-state index is 0.134. The number of aromatic nitrogens is 1. The van der Waals surface area contributed by atoms with Crippen LogP contribution in [0.25, 0.3) is 0 Å². The van der Waals surface area contributed by atoms with E-state index in [1.807, 2.05) is 32.2 Å². The zero-order valence-corrected chi connectivity index (χ0v) is 14.3. The second kappa shape index (κ2) is 6.89. The molecule has 128 valence electrons. The van der Waals surface area contributed by atoms with Crippen LogP contribution in [0, 0.1) is 5.82 Å². The Labute approximate surface area is 142 Å². The zero-order chi connectivity index (χ0) is 17.2. The van der Waals surface area contributed by atoms with Crippen LogP contribution in [0.5, 0.6) is 11.6 Å². The van der Waals surface area contributed by atoms with Crippen molar-refractivity contribution in [3.05, 3.63) is 53.0 Å². The van der Waals surface area contributed by atoms with E-state index in [1.54, 1.807) is 6.07 Å². The molecule has 3 nitrogen and oxygen atoms in total. The summed E-state index contributed by atoms with van der Waals surface area (Å²) in [6.45, 7) is 3.65. The normalized spacial score (nSPS) is 13.8. The van der Waals surface area contributed by atoms with Crippen LogP contribution >= 0.6 is 0 Å². The number of ether oxygens (including phenoxy) is 1. The Hall–Kier alpha value is -1.94. The molecular formula is C20H24FNO2. The molecule has 0 atom stereocenters. The predicted molar refractivity (Wildman–Crippen MR) is 92.0 cm³/mol. The number of hydrogen-bond donors (Lipinski definition) is 1. The average molecular weight is 329 g/mol. The maximum Gasteiger partial charge on any atom is 0.219 e. The number of benzene rings is 1. The lowest BCUT2D eigenvalue weighted by Crippen LogP contribution is -2.18. The van der Waals surface area contributed by atoms with E-state index in [2.05, 4.69) is 4.98 Å². The van der Waals surface area contributed by atoms with Crippen LogP contribution in [0.4, 0.5) is 4.39 Å². The van der Waals surface area contributed by atoms with Crippen molar-refractivity contribution in [1.82, 2.24) is 4.98 Å². The molecule has 0 fully saturated rings. The van der Waals surface area contributed by atoms with Crippen molar-refractivity contribution in [1.29, 1.82) is 0 Å². The maximum absolute atomic E-state index is 13.8. The highest BCUT2D eigenvalue weighted by Gasteiger charge is 2.20. The molecular weight excluding hydrogens is 305 g/mol. The number of pyridine rings is 1. The third-order valence-corrected chi connectivity index (χ3v) is 4.45. The molecule has 0 amide bonds. The van der Waals surface area contributed by atoms with Gasteiger partial charge in [-0.25, -0.2) is 9.37 Å². The van der Waals surface area contributed by atoms with Crippen LogP contribution in [0.3, 0.4) is 0 Å². The van der Waals surface area contributed by atoms with Crippen LogP contribution in [-0.4, -0.2) is 15.7 Å². The summed E-state index contributed by atoms with van der Waals surface area (Å²) in [5.74, 6) is 1.11. The van der Waals surface area contributed by atoms with Gasteiger partial charge < -0.3 is 9.84 Å². The first-order valence-electron chi connectivity index (χ1n) is 8.58. The predicted octanol–water partition coefficient (Wildman–Crippen LogP) is 4.60. The average Bonchev–Trinajstić information content (AvgIpc) is 3.01. The molecule has 0 aliphatic heterocycles. The molecule has 2 aromatic rings. The van der Waals surface area contributed by atoms with Gasteiger partial charge in [0.15, 0.2) is 0 Å². The lowest BCUT2D eigenvalue weighted by molar-refractivity contribution is 0.0689. The fraction of sp³-hybridized carbons (Fsp3) is 0.450. The van der Waals surface area contributed by atoms with Crippen LogP contribution in [0.1, 0.15) is 49.8 Å². The van der Waals surface area contributed by atoms with Gasteiger partial charge in [-0.05, 0) is 75.6 Å². The molecule has 0 saturated carbocycles. The summed E-state index contributed by atoms with van der Waals surface area (Å²) in [6, 6.07) is 7.02. The number of nitrogens with zero attached hydrogens (tertiary/aromatic N) is 1. The molecule has 0 radical (unpaired) electrons. The molecule has 1 heterocycles. The van der Waals surface area contributed by atoms with Crippen LogP contribution in [0.2, 0.25) is 0 Å². The number of fused-ring (bicyclic) bond motifs is 1. The third kappa shape index (κ3) is 4.12. The number of aryl methyl sites for hydroxylation is 1. The van der Waals surface area contributed by atoms with Gasteiger partial charge in [0, 0.05) is 17.8 Å². The molecule has 24 heavy (non-hydrogen) atoms. The smallest absolute Gasteiger partial charge is 0.219 e. The first kappa shape index (κ1) is 16.9. The first-order valence-corrected chi connectivity index (χ1v) is 8.58. The topological polar surface area (TPSA) is 42.4 Å². The summed E-state index contributed by atoms with van der Waals surface area (Å²) in [5, 5.41) is 9.74. The van der Waals surface area contributed by atoms with Crippen molar-refractivity contribution < 1.29 is 14.2 Å². The van der Waals surface area contributed by atoms with Crippen LogP contribution in [-0.2, 0) is 19.3 Å². The van der Waals surface area contributed by atoms with Crippen molar-refractivity contribution in [2.24, 2.45) is 0 Å². The monoisotopic (exact) mass is 329 g/mol. The highest BCUT2D eigenvalue weighted by Crippen LogP contribution is 2.34. The van der Waals surface area contributed by atoms with Gasteiger partial charge in [0.1, 0.15) is 11.6 Å². The van der Waals surface area contributed by atoms with E-state index in [4.69, 9.17) is 4.74 Å². The Balaban J connectivity index is 1.64. The SMILES string of the molecule is CC(C)(O)CCCc1ccc(Oc2ccc(F)c3c2CCC3)nc1. The molecule has 4 heteroatoms. The summed E-state index contributed by atoms with van der Waals surface area (Å²) in [6.07, 6.45) is 6.97. The van der Waals surface area contributed by atoms with Crippen molar-refractivity contribution in [3.63, 3.8) is 0 Å². The number of aliphatic hydroxyl groups is 1. The van der Waals surface area contributed by atoms with Gasteiger partial charge in [0.2, 0.25) is 5.88 Å². The Morgan fingerprint density at radius 2 is 1.96 bits per heavy atom. The zero-order valence-electron chi connectivity index (χ0n) is 14.3. The van der Waals surface area contributed by atoms with Gasteiger partial charge in [0.05, 0.1) is 5.60 Å². The Kier molecular flexibility index (Phi) is 4.86. The van der Waals surface area contributed by atoms with Gasteiger partial charge in [0.25, 0.3) is 0 Å². The molecule has 1 aromatic heterocycles. The lowest BCUT2D eigenvalue weighted by atomic mass is 10.00. The number of halogens is 1. The Morgan fingerprint density at radius 1 is 1.17 bits per heavy atom. The van der Waals surface area contributed by atoms with E-state index in [0.717, 1.165) is 55.2 Å². The van der Waals surface area contributed by atoms with Gasteiger partial charge in [-0.1, -0.05) is 6.07 Å². The molecule has 1 N–H and O–H groups in total. The summed E-state index contributed by atoms with van der Waals surface area (Å²) < 4.78 is 19.6. The molecule has 0 unspecified atom stereocenters. The van der Waals surface area contributed by atoms with Gasteiger partial charge in [-0.15, -0.1) is 0 Å². The molecule has 3 rings (SSSR count). The van der Waals surface area contributed by atoms with Gasteiger partial charge in [-0.2, -0.15) is 0 Å². The number of rotatable bonds is 6. The summed E-state index contributed by atoms with van der Waals surface area (Å²) in [4.78, 5) is 4.36. The molecule has 0 saturated heterocycles. The van der Waals surface area contributed by atoms with E-state index in [-0.39, 0.29) is 5.82 Å². The van der Waals surface area contributed by atoms with Crippen molar-refractivity contribution in [2.45, 2.75) is 58.0 Å².